The lowest BCUT2D eigenvalue weighted by molar-refractivity contribution is 0.332. The van der Waals surface area contributed by atoms with Gasteiger partial charge in [-0.1, -0.05) is 175 Å². The second kappa shape index (κ2) is 18.6. The smallest absolute Gasteiger partial charge is 0.252 e. The molecule has 402 valence electrons. The summed E-state index contributed by atoms with van der Waals surface area (Å²) in [7, 11) is 0. The van der Waals surface area contributed by atoms with Crippen LogP contribution in [0.15, 0.2) is 150 Å². The van der Waals surface area contributed by atoms with Crippen LogP contribution in [0.4, 0.5) is 51.2 Å². The molecule has 0 spiro atoms. The summed E-state index contributed by atoms with van der Waals surface area (Å²) in [5, 5.41) is 0.327. The number of hydrogen-bond acceptors (Lipinski definition) is 4. The van der Waals surface area contributed by atoms with E-state index < -0.39 is 0 Å². The number of hydrogen-bond donors (Lipinski definition) is 0. The van der Waals surface area contributed by atoms with Gasteiger partial charge in [0.05, 0.1) is 11.4 Å². The Labute approximate surface area is 479 Å². The minimum Gasteiger partial charge on any atom is -0.311 e. The average molecular weight is 1060 g/mol. The predicted octanol–water partition coefficient (Wildman–Crippen LogP) is 19.1. The quantitative estimate of drug-likeness (QED) is 0.153. The first-order valence-electron chi connectivity index (χ1n) is 29.2. The minimum absolute atomic E-state index is 0.00382. The summed E-state index contributed by atoms with van der Waals surface area (Å²) in [4.78, 5) is 9.27. The fraction of sp³-hybridized carbons (Fsp3) is 0.351. The maximum atomic E-state index is 2.73. The summed E-state index contributed by atoms with van der Waals surface area (Å²) in [6, 6.07) is 57.2. The van der Waals surface area contributed by atoms with Gasteiger partial charge in [-0.15, -0.1) is 11.8 Å². The Hall–Kier alpha value is -6.43. The van der Waals surface area contributed by atoms with Crippen LogP contribution in [0.25, 0.3) is 0 Å². The van der Waals surface area contributed by atoms with Crippen molar-refractivity contribution in [2.24, 2.45) is 0 Å². The second-order valence-corrected chi connectivity index (χ2v) is 29.6. The number of para-hydroxylation sites is 2. The molecule has 8 aromatic rings. The molecule has 4 aliphatic rings. The SMILES string of the molecule is Cc1cc(C(C)(C)C)cc(C)c1C1Cc2cc3c(cc2S1)N(c1ccc(C(C)(C)C)cc1)c1cc(N(c2ccccc2)c2ccccc2)cc2c1B3c1cc3c(cc1N2c1c(C)cc(C(C)(C)C)cc1C)C(C)(C)CCC3(C)C. The molecule has 8 aromatic carbocycles. The van der Waals surface area contributed by atoms with Gasteiger partial charge in [0.1, 0.15) is 0 Å². The van der Waals surface area contributed by atoms with Crippen LogP contribution >= 0.6 is 11.8 Å². The van der Waals surface area contributed by atoms with E-state index in [1.54, 1.807) is 0 Å². The van der Waals surface area contributed by atoms with Gasteiger partial charge >= 0.3 is 0 Å². The molecule has 3 aliphatic heterocycles. The number of benzene rings is 8. The summed E-state index contributed by atoms with van der Waals surface area (Å²) in [6.07, 6.45) is 3.31. The van der Waals surface area contributed by atoms with Crippen LogP contribution in [0.1, 0.15) is 169 Å². The zero-order chi connectivity index (χ0) is 56.0. The van der Waals surface area contributed by atoms with Crippen LogP contribution in [0.3, 0.4) is 0 Å². The van der Waals surface area contributed by atoms with Gasteiger partial charge < -0.3 is 14.7 Å². The summed E-state index contributed by atoms with van der Waals surface area (Å²) in [5.74, 6) is 0. The van der Waals surface area contributed by atoms with Crippen molar-refractivity contribution < 1.29 is 0 Å². The molecular weight excluding hydrogens is 974 g/mol. The minimum atomic E-state index is -0.0308. The van der Waals surface area contributed by atoms with Gasteiger partial charge in [-0.3, -0.25) is 0 Å². The van der Waals surface area contributed by atoms with Crippen molar-refractivity contribution >= 4 is 86.0 Å². The van der Waals surface area contributed by atoms with E-state index in [9.17, 15) is 0 Å². The first-order chi connectivity index (χ1) is 37.2. The van der Waals surface area contributed by atoms with Crippen LogP contribution in [0, 0.1) is 27.7 Å². The Morgan fingerprint density at radius 1 is 0.481 bits per heavy atom. The Bertz CT molecular complexity index is 3650. The van der Waals surface area contributed by atoms with E-state index in [4.69, 9.17) is 0 Å². The van der Waals surface area contributed by atoms with Crippen molar-refractivity contribution in [1.29, 1.82) is 0 Å². The molecule has 0 saturated heterocycles. The molecule has 0 N–H and O–H groups in total. The molecule has 1 aliphatic carbocycles. The third-order valence-electron chi connectivity index (χ3n) is 18.5. The van der Waals surface area contributed by atoms with E-state index in [0.717, 1.165) is 36.3 Å². The fourth-order valence-corrected chi connectivity index (χ4v) is 15.5. The molecule has 79 heavy (non-hydrogen) atoms. The normalized spacial score (nSPS) is 17.0. The van der Waals surface area contributed by atoms with Crippen molar-refractivity contribution in [3.8, 4) is 0 Å². The summed E-state index contributed by atoms with van der Waals surface area (Å²) < 4.78 is 0. The third kappa shape index (κ3) is 8.97. The molecule has 3 nitrogen and oxygen atoms in total. The average Bonchev–Trinajstić information content (AvgIpc) is 3.28. The van der Waals surface area contributed by atoms with Crippen molar-refractivity contribution in [1.82, 2.24) is 0 Å². The number of thioether (sulfide) groups is 1. The molecule has 0 bridgehead atoms. The Balaban J connectivity index is 1.20. The molecule has 5 heteroatoms. The molecular formula is C74H82BN3S. The number of nitrogens with zero attached hydrogens (tertiary/aromatic N) is 3. The largest absolute Gasteiger partial charge is 0.311 e. The highest BCUT2D eigenvalue weighted by atomic mass is 32.2. The lowest BCUT2D eigenvalue weighted by atomic mass is 9.33. The van der Waals surface area contributed by atoms with Crippen LogP contribution < -0.4 is 31.1 Å². The molecule has 0 saturated carbocycles. The topological polar surface area (TPSA) is 9.72 Å². The Morgan fingerprint density at radius 3 is 1.47 bits per heavy atom. The zero-order valence-electron chi connectivity index (χ0n) is 50.4. The van der Waals surface area contributed by atoms with Gasteiger partial charge in [-0.2, -0.15) is 0 Å². The number of rotatable bonds is 6. The van der Waals surface area contributed by atoms with Crippen molar-refractivity contribution in [3.05, 3.63) is 207 Å². The van der Waals surface area contributed by atoms with Gasteiger partial charge in [0.2, 0.25) is 0 Å². The van der Waals surface area contributed by atoms with E-state index in [1.165, 1.54) is 117 Å². The van der Waals surface area contributed by atoms with Crippen LogP contribution in [-0.4, -0.2) is 6.71 Å². The molecule has 12 rings (SSSR count). The Morgan fingerprint density at radius 2 is 0.949 bits per heavy atom. The van der Waals surface area contributed by atoms with Crippen LogP contribution in [0.5, 0.6) is 0 Å². The summed E-state index contributed by atoms with van der Waals surface area (Å²) in [6.45, 7) is 40.4. The van der Waals surface area contributed by atoms with E-state index in [0.29, 0.717) is 5.25 Å². The summed E-state index contributed by atoms with van der Waals surface area (Å²) >= 11 is 2.08. The number of aryl methyl sites for hydroxylation is 4. The van der Waals surface area contributed by atoms with Gasteiger partial charge in [0, 0.05) is 50.0 Å². The van der Waals surface area contributed by atoms with E-state index in [2.05, 4.69) is 290 Å². The standard InChI is InChI=1S/C74H82BN3S/c1-45-34-51(71(8,9)10)35-46(2)67(45)66-39-49-38-59-62(44-65(49)79-66)77(55-30-28-50(29-31-55)70(5,6)7)63-40-56(76(53-24-20-18-21-25-53)54-26-22-19-23-27-54)41-64-68(63)75(59)60-42-57-58(74(16,17)33-32-73(57,14)15)43-61(60)78(64)69-47(3)36-52(37-48(69)4)72(11,12)13/h18-31,34-38,40-44,66H,32-33,39H2,1-17H3. The van der Waals surface area contributed by atoms with E-state index in [-0.39, 0.29) is 33.8 Å². The summed E-state index contributed by atoms with van der Waals surface area (Å²) in [5.41, 5.74) is 30.6. The molecule has 0 amide bonds. The van der Waals surface area contributed by atoms with Crippen molar-refractivity contribution in [2.75, 3.05) is 14.7 Å². The molecule has 0 aromatic heterocycles. The third-order valence-corrected chi connectivity index (χ3v) is 19.8. The van der Waals surface area contributed by atoms with E-state index >= 15 is 0 Å². The van der Waals surface area contributed by atoms with Gasteiger partial charge in [-0.05, 0) is 212 Å². The fourth-order valence-electron chi connectivity index (χ4n) is 14.0. The molecule has 3 heterocycles. The lowest BCUT2D eigenvalue weighted by Gasteiger charge is -2.48. The van der Waals surface area contributed by atoms with Crippen LogP contribution in [0.2, 0.25) is 0 Å². The Kier molecular flexibility index (Phi) is 12.5. The monoisotopic (exact) mass is 1060 g/mol. The van der Waals surface area contributed by atoms with Crippen molar-refractivity contribution in [3.63, 3.8) is 0 Å². The number of anilines is 9. The second-order valence-electron chi connectivity index (χ2n) is 28.3. The first kappa shape index (κ1) is 53.2. The van der Waals surface area contributed by atoms with E-state index in [1.807, 2.05) is 0 Å². The van der Waals surface area contributed by atoms with Gasteiger partial charge in [0.15, 0.2) is 0 Å². The number of fused-ring (bicyclic) bond motifs is 6. The first-order valence-corrected chi connectivity index (χ1v) is 30.1. The van der Waals surface area contributed by atoms with Crippen molar-refractivity contribution in [2.45, 2.75) is 174 Å². The highest BCUT2D eigenvalue weighted by Crippen LogP contribution is 2.55. The lowest BCUT2D eigenvalue weighted by Crippen LogP contribution is -2.62. The maximum Gasteiger partial charge on any atom is 0.252 e. The maximum absolute atomic E-state index is 2.73. The zero-order valence-corrected chi connectivity index (χ0v) is 51.2. The van der Waals surface area contributed by atoms with Gasteiger partial charge in [-0.25, -0.2) is 0 Å². The van der Waals surface area contributed by atoms with Gasteiger partial charge in [0.25, 0.3) is 6.71 Å². The molecule has 1 atom stereocenters. The van der Waals surface area contributed by atoms with Crippen LogP contribution in [-0.2, 0) is 33.5 Å². The predicted molar refractivity (Wildman–Crippen MR) is 344 cm³/mol. The molecule has 1 unspecified atom stereocenters. The highest BCUT2D eigenvalue weighted by Gasteiger charge is 2.48. The molecule has 0 fully saturated rings. The molecule has 0 radical (unpaired) electrons. The highest BCUT2D eigenvalue weighted by molar-refractivity contribution is 7.99.